The Bertz CT molecular complexity index is 977. The van der Waals surface area contributed by atoms with Crippen LogP contribution in [0, 0.1) is 0 Å². The van der Waals surface area contributed by atoms with Crippen molar-refractivity contribution in [1.82, 2.24) is 0 Å². The van der Waals surface area contributed by atoms with Crippen LogP contribution in [0.25, 0.3) is 0 Å². The van der Waals surface area contributed by atoms with Gasteiger partial charge in [0.2, 0.25) is 0 Å². The summed E-state index contributed by atoms with van der Waals surface area (Å²) < 4.78 is 33.6. The number of rotatable bonds is 50. The fourth-order valence-corrected chi connectivity index (χ4v) is 8.32. The van der Waals surface area contributed by atoms with Crippen molar-refractivity contribution >= 4 is 13.8 Å². The molecular formula is C51H100NO7P. The summed E-state index contributed by atoms with van der Waals surface area (Å²) in [6.07, 6.45) is 56.4. The van der Waals surface area contributed by atoms with Crippen LogP contribution >= 0.6 is 7.82 Å². The van der Waals surface area contributed by atoms with Crippen LogP contribution in [-0.4, -0.2) is 49.9 Å². The summed E-state index contributed by atoms with van der Waals surface area (Å²) in [7, 11) is -4.28. The molecule has 0 aromatic rings. The molecule has 0 saturated carbocycles. The van der Waals surface area contributed by atoms with E-state index in [0.717, 1.165) is 38.5 Å². The van der Waals surface area contributed by atoms with Crippen LogP contribution in [0.15, 0.2) is 24.3 Å². The standard InChI is InChI=1S/C51H100NO7P/c1-3-5-7-9-11-13-15-17-19-21-23-24-25-27-29-31-33-35-37-39-41-43-46-56-48-50(49-58-60(54,55)57-47-45-52)59-51(53)44-42-40-38-36-34-32-30-28-26-22-20-18-16-14-12-10-8-6-4-2/h15,17,21,23,50H,3-14,16,18-20,22,24-49,52H2,1-2H3,(H,54,55)/b17-15-,23-21-. The van der Waals surface area contributed by atoms with Crippen molar-refractivity contribution in [3.63, 3.8) is 0 Å². The Morgan fingerprint density at radius 1 is 0.500 bits per heavy atom. The first-order valence-corrected chi connectivity index (χ1v) is 27.3. The predicted molar refractivity (Wildman–Crippen MR) is 257 cm³/mol. The number of ether oxygens (including phenoxy) is 2. The second-order valence-electron chi connectivity index (χ2n) is 17.4. The summed E-state index contributed by atoms with van der Waals surface area (Å²) in [5, 5.41) is 0. The molecule has 2 atom stereocenters. The van der Waals surface area contributed by atoms with E-state index in [2.05, 4.69) is 38.2 Å². The molecule has 0 rings (SSSR count). The van der Waals surface area contributed by atoms with Crippen molar-refractivity contribution < 1.29 is 32.8 Å². The van der Waals surface area contributed by atoms with Crippen molar-refractivity contribution in [2.75, 3.05) is 33.0 Å². The molecule has 9 heteroatoms. The Balaban J connectivity index is 3.91. The first kappa shape index (κ1) is 59.0. The average molecular weight is 870 g/mol. The fraction of sp³-hybridized carbons (Fsp3) is 0.902. The lowest BCUT2D eigenvalue weighted by Crippen LogP contribution is -2.28. The molecule has 60 heavy (non-hydrogen) atoms. The number of phosphoric ester groups is 1. The number of carbonyl (C=O) groups is 1. The third kappa shape index (κ3) is 48.0. The lowest BCUT2D eigenvalue weighted by molar-refractivity contribution is -0.154. The lowest BCUT2D eigenvalue weighted by atomic mass is 10.0. The number of carbonyl (C=O) groups excluding carboxylic acids is 1. The van der Waals surface area contributed by atoms with Crippen LogP contribution < -0.4 is 5.73 Å². The molecule has 2 unspecified atom stereocenters. The average Bonchev–Trinajstić information content (AvgIpc) is 3.24. The van der Waals surface area contributed by atoms with Crippen molar-refractivity contribution in [2.45, 2.75) is 264 Å². The van der Waals surface area contributed by atoms with Gasteiger partial charge in [-0.15, -0.1) is 0 Å². The predicted octanol–water partition coefficient (Wildman–Crippen LogP) is 16.0. The second kappa shape index (κ2) is 49.0. The summed E-state index contributed by atoms with van der Waals surface area (Å²) in [6, 6.07) is 0. The summed E-state index contributed by atoms with van der Waals surface area (Å²) >= 11 is 0. The molecule has 0 aromatic heterocycles. The van der Waals surface area contributed by atoms with Crippen LogP contribution in [0.4, 0.5) is 0 Å². The monoisotopic (exact) mass is 870 g/mol. The van der Waals surface area contributed by atoms with Gasteiger partial charge in [-0.1, -0.05) is 231 Å². The molecule has 0 heterocycles. The van der Waals surface area contributed by atoms with Crippen LogP contribution in [0.2, 0.25) is 0 Å². The number of phosphoric acid groups is 1. The molecule has 0 spiro atoms. The highest BCUT2D eigenvalue weighted by atomic mass is 31.2. The topological polar surface area (TPSA) is 117 Å². The third-order valence-corrected chi connectivity index (χ3v) is 12.4. The van der Waals surface area contributed by atoms with Gasteiger partial charge in [0, 0.05) is 19.6 Å². The first-order valence-electron chi connectivity index (χ1n) is 25.8. The van der Waals surface area contributed by atoms with Crippen LogP contribution in [-0.2, 0) is 27.9 Å². The van der Waals surface area contributed by atoms with Crippen LogP contribution in [0.5, 0.6) is 0 Å². The number of allylic oxidation sites excluding steroid dienone is 4. The van der Waals surface area contributed by atoms with Gasteiger partial charge < -0.3 is 20.1 Å². The van der Waals surface area contributed by atoms with Gasteiger partial charge in [0.05, 0.1) is 19.8 Å². The maximum atomic E-state index is 12.7. The van der Waals surface area contributed by atoms with Crippen molar-refractivity contribution in [3.05, 3.63) is 24.3 Å². The summed E-state index contributed by atoms with van der Waals surface area (Å²) in [6.45, 7) is 4.96. The quantitative estimate of drug-likeness (QED) is 0.0269. The Labute approximate surface area is 372 Å². The Kier molecular flexibility index (Phi) is 48.2. The van der Waals surface area contributed by atoms with Gasteiger partial charge >= 0.3 is 13.8 Å². The van der Waals surface area contributed by atoms with Gasteiger partial charge in [0.25, 0.3) is 0 Å². The SMILES string of the molecule is CCCCCCC/C=C\C/C=C\CCCCCCCCCCCCOCC(COP(=O)(O)OCCN)OC(=O)CCCCCCCCCCCCCCCCCCCCC. The molecule has 3 N–H and O–H groups in total. The largest absolute Gasteiger partial charge is 0.472 e. The summed E-state index contributed by atoms with van der Waals surface area (Å²) in [5.41, 5.74) is 5.39. The molecule has 0 aromatic carbocycles. The molecular weight excluding hydrogens is 770 g/mol. The van der Waals surface area contributed by atoms with Crippen molar-refractivity contribution in [2.24, 2.45) is 5.73 Å². The summed E-state index contributed by atoms with van der Waals surface area (Å²) in [5.74, 6) is -0.325. The molecule has 0 aliphatic heterocycles. The maximum absolute atomic E-state index is 12.7. The number of esters is 1. The Hall–Kier alpha value is -1.02. The number of hydrogen-bond donors (Lipinski definition) is 2. The highest BCUT2D eigenvalue weighted by Gasteiger charge is 2.25. The highest BCUT2D eigenvalue weighted by molar-refractivity contribution is 7.47. The number of nitrogens with two attached hydrogens (primary N) is 1. The molecule has 0 fully saturated rings. The number of hydrogen-bond acceptors (Lipinski definition) is 7. The smallest absolute Gasteiger partial charge is 0.457 e. The number of unbranched alkanes of at least 4 members (excludes halogenated alkanes) is 33. The first-order chi connectivity index (χ1) is 29.4. The van der Waals surface area contributed by atoms with Gasteiger partial charge in [0.15, 0.2) is 0 Å². The van der Waals surface area contributed by atoms with Crippen molar-refractivity contribution in [1.29, 1.82) is 0 Å². The maximum Gasteiger partial charge on any atom is 0.472 e. The molecule has 0 aliphatic carbocycles. The van der Waals surface area contributed by atoms with Crippen molar-refractivity contribution in [3.8, 4) is 0 Å². The third-order valence-electron chi connectivity index (χ3n) is 11.4. The minimum absolute atomic E-state index is 0.0935. The van der Waals surface area contributed by atoms with E-state index in [-0.39, 0.29) is 32.3 Å². The van der Waals surface area contributed by atoms with Gasteiger partial charge in [0.1, 0.15) is 6.10 Å². The molecule has 0 bridgehead atoms. The van der Waals surface area contributed by atoms with Crippen LogP contribution in [0.3, 0.4) is 0 Å². The van der Waals surface area contributed by atoms with Gasteiger partial charge in [-0.25, -0.2) is 4.57 Å². The summed E-state index contributed by atoms with van der Waals surface area (Å²) in [4.78, 5) is 22.6. The highest BCUT2D eigenvalue weighted by Crippen LogP contribution is 2.43. The van der Waals surface area contributed by atoms with Gasteiger partial charge in [-0.2, -0.15) is 0 Å². The Morgan fingerprint density at radius 3 is 1.30 bits per heavy atom. The van der Waals surface area contributed by atoms with E-state index in [1.165, 1.54) is 199 Å². The van der Waals surface area contributed by atoms with E-state index in [4.69, 9.17) is 24.3 Å². The minimum Gasteiger partial charge on any atom is -0.457 e. The molecule has 8 nitrogen and oxygen atoms in total. The molecule has 0 radical (unpaired) electrons. The van der Waals surface area contributed by atoms with E-state index in [0.29, 0.717) is 13.0 Å². The zero-order chi connectivity index (χ0) is 43.7. The van der Waals surface area contributed by atoms with Gasteiger partial charge in [-0.05, 0) is 44.9 Å². The van der Waals surface area contributed by atoms with E-state index < -0.39 is 13.9 Å². The van der Waals surface area contributed by atoms with Gasteiger partial charge in [-0.3, -0.25) is 13.8 Å². The zero-order valence-corrected chi connectivity index (χ0v) is 40.6. The minimum atomic E-state index is -4.28. The lowest BCUT2D eigenvalue weighted by Gasteiger charge is -2.20. The van der Waals surface area contributed by atoms with E-state index >= 15 is 0 Å². The van der Waals surface area contributed by atoms with E-state index in [9.17, 15) is 14.3 Å². The fourth-order valence-electron chi connectivity index (χ4n) is 7.56. The normalized spacial score (nSPS) is 13.5. The van der Waals surface area contributed by atoms with E-state index in [1.807, 2.05) is 0 Å². The molecule has 0 amide bonds. The molecule has 0 aliphatic rings. The van der Waals surface area contributed by atoms with Crippen LogP contribution in [0.1, 0.15) is 258 Å². The second-order valence-corrected chi connectivity index (χ2v) is 18.8. The Morgan fingerprint density at radius 2 is 0.883 bits per heavy atom. The molecule has 0 saturated heterocycles. The molecule has 356 valence electrons. The van der Waals surface area contributed by atoms with E-state index in [1.54, 1.807) is 0 Å². The zero-order valence-electron chi connectivity index (χ0n) is 39.7.